The van der Waals surface area contributed by atoms with Gasteiger partial charge in [0.2, 0.25) is 0 Å². The molecule has 2 heterocycles. The number of nitrogens with zero attached hydrogens (tertiary/aromatic N) is 2. The van der Waals surface area contributed by atoms with E-state index in [4.69, 9.17) is 9.47 Å². The summed E-state index contributed by atoms with van der Waals surface area (Å²) >= 11 is 0. The molecule has 1 aliphatic heterocycles. The summed E-state index contributed by atoms with van der Waals surface area (Å²) in [5.74, 6) is 0.783. The van der Waals surface area contributed by atoms with Gasteiger partial charge in [0.15, 0.2) is 0 Å². The fraction of sp³-hybridized carbons (Fsp3) is 0.650. The van der Waals surface area contributed by atoms with Crippen LogP contribution in [0.2, 0.25) is 0 Å². The first-order valence-electron chi connectivity index (χ1n) is 9.35. The van der Waals surface area contributed by atoms with Crippen LogP contribution >= 0.6 is 0 Å². The standard InChI is InChI=1S/C20H31N3O4/c1-19(2,3)26-17(24)22-16-9-7-8-15(21-16)12-14-10-11-23(13-14)18(25)27-20(4,5)6/h7-9,14H,10-13H2,1-6H3,(H,21,22,24). The Kier molecular flexibility index (Phi) is 6.34. The van der Waals surface area contributed by atoms with Crippen LogP contribution in [0.25, 0.3) is 0 Å². The van der Waals surface area contributed by atoms with Crippen molar-refractivity contribution in [2.24, 2.45) is 5.92 Å². The van der Waals surface area contributed by atoms with Crippen LogP contribution in [0.15, 0.2) is 18.2 Å². The monoisotopic (exact) mass is 377 g/mol. The van der Waals surface area contributed by atoms with E-state index < -0.39 is 17.3 Å². The van der Waals surface area contributed by atoms with Crippen molar-refractivity contribution >= 4 is 18.0 Å². The summed E-state index contributed by atoms with van der Waals surface area (Å²) in [5.41, 5.74) is -0.172. The van der Waals surface area contributed by atoms with Crippen LogP contribution in [0.4, 0.5) is 15.4 Å². The third-order valence-corrected chi connectivity index (χ3v) is 3.87. The van der Waals surface area contributed by atoms with Crippen LogP contribution in [0.1, 0.15) is 53.7 Å². The Bertz CT molecular complexity index is 677. The third-order valence-electron chi connectivity index (χ3n) is 3.87. The molecule has 0 saturated carbocycles. The van der Waals surface area contributed by atoms with Crippen LogP contribution < -0.4 is 5.32 Å². The summed E-state index contributed by atoms with van der Waals surface area (Å²) in [4.78, 5) is 30.3. The minimum atomic E-state index is -0.559. The minimum Gasteiger partial charge on any atom is -0.444 e. The molecule has 0 aromatic carbocycles. The highest BCUT2D eigenvalue weighted by Gasteiger charge is 2.30. The van der Waals surface area contributed by atoms with Gasteiger partial charge in [0, 0.05) is 18.8 Å². The first-order chi connectivity index (χ1) is 12.4. The summed E-state index contributed by atoms with van der Waals surface area (Å²) in [6, 6.07) is 5.51. The molecule has 0 bridgehead atoms. The number of carbonyl (C=O) groups excluding carboxylic acids is 2. The van der Waals surface area contributed by atoms with Crippen LogP contribution in [0.5, 0.6) is 0 Å². The zero-order valence-electron chi connectivity index (χ0n) is 17.2. The summed E-state index contributed by atoms with van der Waals surface area (Å²) in [7, 11) is 0. The van der Waals surface area contributed by atoms with E-state index in [-0.39, 0.29) is 6.09 Å². The van der Waals surface area contributed by atoms with E-state index in [1.54, 1.807) is 11.0 Å². The van der Waals surface area contributed by atoms with Gasteiger partial charge in [-0.1, -0.05) is 6.07 Å². The topological polar surface area (TPSA) is 80.8 Å². The maximum atomic E-state index is 12.2. The lowest BCUT2D eigenvalue weighted by atomic mass is 10.0. The summed E-state index contributed by atoms with van der Waals surface area (Å²) < 4.78 is 10.7. The molecule has 1 fully saturated rings. The van der Waals surface area contributed by atoms with Crippen molar-refractivity contribution in [3.8, 4) is 0 Å². The van der Waals surface area contributed by atoms with E-state index in [9.17, 15) is 9.59 Å². The molecule has 1 aromatic heterocycles. The van der Waals surface area contributed by atoms with Crippen molar-refractivity contribution in [3.63, 3.8) is 0 Å². The zero-order valence-corrected chi connectivity index (χ0v) is 17.2. The van der Waals surface area contributed by atoms with E-state index in [0.717, 1.165) is 18.5 Å². The number of aromatic nitrogens is 1. The molecule has 2 rings (SSSR count). The SMILES string of the molecule is CC(C)(C)OC(=O)Nc1cccc(CC2CCN(C(=O)OC(C)(C)C)C2)n1. The second kappa shape index (κ2) is 8.15. The molecule has 1 aromatic rings. The molecule has 0 spiro atoms. The van der Waals surface area contributed by atoms with Crippen LogP contribution in [-0.2, 0) is 15.9 Å². The molecule has 150 valence electrons. The van der Waals surface area contributed by atoms with Gasteiger partial charge in [-0.25, -0.2) is 14.6 Å². The fourth-order valence-electron chi connectivity index (χ4n) is 2.86. The molecule has 1 unspecified atom stereocenters. The molecule has 1 N–H and O–H groups in total. The Morgan fingerprint density at radius 3 is 2.44 bits per heavy atom. The largest absolute Gasteiger partial charge is 0.444 e. The van der Waals surface area contributed by atoms with Gasteiger partial charge in [0.1, 0.15) is 17.0 Å². The van der Waals surface area contributed by atoms with Gasteiger partial charge in [-0.15, -0.1) is 0 Å². The average molecular weight is 377 g/mol. The number of nitrogens with one attached hydrogen (secondary N) is 1. The number of rotatable bonds is 3. The third kappa shape index (κ3) is 7.45. The fourth-order valence-corrected chi connectivity index (χ4v) is 2.86. The van der Waals surface area contributed by atoms with Gasteiger partial charge in [0.25, 0.3) is 0 Å². The summed E-state index contributed by atoms with van der Waals surface area (Å²) in [6.45, 7) is 12.4. The summed E-state index contributed by atoms with van der Waals surface area (Å²) in [5, 5.41) is 2.66. The lowest BCUT2D eigenvalue weighted by molar-refractivity contribution is 0.0287. The first-order valence-corrected chi connectivity index (χ1v) is 9.35. The highest BCUT2D eigenvalue weighted by atomic mass is 16.6. The Balaban J connectivity index is 1.89. The number of carbonyl (C=O) groups is 2. The smallest absolute Gasteiger partial charge is 0.413 e. The number of hydrogen-bond donors (Lipinski definition) is 1. The molecule has 1 atom stereocenters. The van der Waals surface area contributed by atoms with Crippen molar-refractivity contribution < 1.29 is 19.1 Å². The van der Waals surface area contributed by atoms with Gasteiger partial charge in [-0.3, -0.25) is 5.32 Å². The average Bonchev–Trinajstić information content (AvgIpc) is 2.92. The van der Waals surface area contributed by atoms with E-state index >= 15 is 0 Å². The Morgan fingerprint density at radius 2 is 1.81 bits per heavy atom. The van der Waals surface area contributed by atoms with E-state index in [2.05, 4.69) is 10.3 Å². The summed E-state index contributed by atoms with van der Waals surface area (Å²) in [6.07, 6.45) is 0.857. The zero-order chi connectivity index (χ0) is 20.2. The number of hydrogen-bond acceptors (Lipinski definition) is 5. The quantitative estimate of drug-likeness (QED) is 0.853. The van der Waals surface area contributed by atoms with Crippen molar-refractivity contribution in [1.29, 1.82) is 0 Å². The number of ether oxygens (including phenoxy) is 2. The highest BCUT2D eigenvalue weighted by Crippen LogP contribution is 2.23. The van der Waals surface area contributed by atoms with Gasteiger partial charge in [-0.2, -0.15) is 0 Å². The van der Waals surface area contributed by atoms with Crippen molar-refractivity contribution in [2.75, 3.05) is 18.4 Å². The van der Waals surface area contributed by atoms with Crippen LogP contribution in [0.3, 0.4) is 0 Å². The number of pyridine rings is 1. The molecule has 7 heteroatoms. The molecular formula is C20H31N3O4. The molecule has 0 aliphatic carbocycles. The van der Waals surface area contributed by atoms with E-state index in [1.165, 1.54) is 0 Å². The predicted octanol–water partition coefficient (Wildman–Crippen LogP) is 4.23. The van der Waals surface area contributed by atoms with Crippen molar-refractivity contribution in [3.05, 3.63) is 23.9 Å². The van der Waals surface area contributed by atoms with Gasteiger partial charge < -0.3 is 14.4 Å². The Labute approximate surface area is 161 Å². The Hall–Kier alpha value is -2.31. The van der Waals surface area contributed by atoms with Gasteiger partial charge in [0.05, 0.1) is 0 Å². The number of amides is 2. The normalized spacial score (nSPS) is 17.6. The lowest BCUT2D eigenvalue weighted by Gasteiger charge is -2.24. The first kappa shape index (κ1) is 21.0. The highest BCUT2D eigenvalue weighted by molar-refractivity contribution is 5.83. The predicted molar refractivity (Wildman–Crippen MR) is 104 cm³/mol. The molecule has 1 saturated heterocycles. The molecule has 0 radical (unpaired) electrons. The Morgan fingerprint density at radius 1 is 1.15 bits per heavy atom. The van der Waals surface area contributed by atoms with Crippen molar-refractivity contribution in [1.82, 2.24) is 9.88 Å². The van der Waals surface area contributed by atoms with Gasteiger partial charge in [-0.05, 0) is 72.4 Å². The maximum absolute atomic E-state index is 12.2. The van der Waals surface area contributed by atoms with E-state index in [0.29, 0.717) is 24.8 Å². The number of likely N-dealkylation sites (tertiary alicyclic amines) is 1. The molecule has 1 aliphatic rings. The van der Waals surface area contributed by atoms with Gasteiger partial charge >= 0.3 is 12.2 Å². The van der Waals surface area contributed by atoms with Crippen molar-refractivity contribution in [2.45, 2.75) is 65.6 Å². The minimum absolute atomic E-state index is 0.265. The van der Waals surface area contributed by atoms with Crippen LogP contribution in [0, 0.1) is 5.92 Å². The second-order valence-electron chi connectivity index (χ2n) is 8.93. The molecule has 7 nitrogen and oxygen atoms in total. The molecular weight excluding hydrogens is 346 g/mol. The van der Waals surface area contributed by atoms with E-state index in [1.807, 2.05) is 53.7 Å². The molecule has 27 heavy (non-hydrogen) atoms. The lowest BCUT2D eigenvalue weighted by Crippen LogP contribution is -2.35. The maximum Gasteiger partial charge on any atom is 0.413 e. The molecule has 2 amide bonds. The van der Waals surface area contributed by atoms with Crippen LogP contribution in [-0.4, -0.2) is 46.4 Å². The number of anilines is 1. The second-order valence-corrected chi connectivity index (χ2v) is 8.93.